The molecule has 0 atom stereocenters. The third-order valence-electron chi connectivity index (χ3n) is 3.22. The van der Waals surface area contributed by atoms with Gasteiger partial charge in [0.2, 0.25) is 0 Å². The Morgan fingerprint density at radius 1 is 1.19 bits per heavy atom. The summed E-state index contributed by atoms with van der Waals surface area (Å²) in [6, 6.07) is 12.8. The average molecular weight is 454 g/mol. The van der Waals surface area contributed by atoms with Crippen LogP contribution in [-0.4, -0.2) is 16.8 Å². The first-order valence-electron chi connectivity index (χ1n) is 6.17. The first kappa shape index (κ1) is 14.5. The number of nitrogens with zero attached hydrogens (tertiary/aromatic N) is 1. The summed E-state index contributed by atoms with van der Waals surface area (Å²) in [6.07, 6.45) is 2.38. The van der Waals surface area contributed by atoms with E-state index in [0.717, 1.165) is 25.2 Å². The number of rotatable bonds is 2. The lowest BCUT2D eigenvalue weighted by Crippen LogP contribution is -2.10. The molecule has 0 aliphatic rings. The minimum Gasteiger partial charge on any atom is -0.298 e. The Bertz CT molecular complexity index is 856. The predicted molar refractivity (Wildman–Crippen MR) is 93.9 cm³/mol. The summed E-state index contributed by atoms with van der Waals surface area (Å²) in [4.78, 5) is 23.9. The van der Waals surface area contributed by atoms with Crippen molar-refractivity contribution in [2.24, 2.45) is 0 Å². The van der Waals surface area contributed by atoms with Crippen LogP contribution >= 0.6 is 38.5 Å². The van der Waals surface area contributed by atoms with Crippen molar-refractivity contribution in [3.8, 4) is 0 Å². The van der Waals surface area contributed by atoms with E-state index in [1.807, 2.05) is 30.3 Å². The van der Waals surface area contributed by atoms with Gasteiger partial charge >= 0.3 is 0 Å². The highest BCUT2D eigenvalue weighted by Gasteiger charge is 2.17. The molecule has 0 fully saturated rings. The van der Waals surface area contributed by atoms with Crippen LogP contribution in [0.15, 0.2) is 53.1 Å². The van der Waals surface area contributed by atoms with Crippen molar-refractivity contribution in [2.75, 3.05) is 0 Å². The van der Waals surface area contributed by atoms with Crippen molar-refractivity contribution in [1.29, 1.82) is 0 Å². The van der Waals surface area contributed by atoms with Gasteiger partial charge in [0, 0.05) is 30.8 Å². The number of benzene rings is 2. The molecule has 3 rings (SSSR count). The third-order valence-corrected chi connectivity index (χ3v) is 4.53. The average Bonchev–Trinajstić information content (AvgIpc) is 2.86. The molecular formula is C16H9BrINO2. The maximum Gasteiger partial charge on any atom is 0.262 e. The zero-order chi connectivity index (χ0) is 15.0. The number of carbonyl (C=O) groups is 2. The molecule has 0 N–H and O–H groups in total. The fourth-order valence-corrected chi connectivity index (χ4v) is 4.08. The fraction of sp³-hybridized carbons (Fsp3) is 0. The Balaban J connectivity index is 2.29. The van der Waals surface area contributed by atoms with Crippen molar-refractivity contribution in [3.63, 3.8) is 0 Å². The van der Waals surface area contributed by atoms with E-state index in [2.05, 4.69) is 38.5 Å². The number of hydrogen-bond donors (Lipinski definition) is 0. The Hall–Kier alpha value is -1.47. The highest BCUT2D eigenvalue weighted by atomic mass is 127. The lowest BCUT2D eigenvalue weighted by Gasteiger charge is -2.05. The standard InChI is InChI=1S/C16H9BrINO2/c17-12-6-13(18)15-11(9-20)8-19(14(15)7-12)16(21)10-4-2-1-3-5-10/h1-9H. The third kappa shape index (κ3) is 2.55. The van der Waals surface area contributed by atoms with Crippen molar-refractivity contribution in [3.05, 3.63) is 67.8 Å². The van der Waals surface area contributed by atoms with Crippen LogP contribution in [0.5, 0.6) is 0 Å². The van der Waals surface area contributed by atoms with Gasteiger partial charge in [0.25, 0.3) is 5.91 Å². The molecular weight excluding hydrogens is 445 g/mol. The topological polar surface area (TPSA) is 39.1 Å². The van der Waals surface area contributed by atoms with E-state index < -0.39 is 0 Å². The largest absolute Gasteiger partial charge is 0.298 e. The Morgan fingerprint density at radius 2 is 1.90 bits per heavy atom. The zero-order valence-corrected chi connectivity index (χ0v) is 14.5. The number of halogens is 2. The van der Waals surface area contributed by atoms with E-state index in [0.29, 0.717) is 11.1 Å². The summed E-state index contributed by atoms with van der Waals surface area (Å²) in [5.74, 6) is -0.150. The zero-order valence-electron chi connectivity index (χ0n) is 10.7. The number of aldehydes is 1. The second-order valence-corrected chi connectivity index (χ2v) is 6.60. The van der Waals surface area contributed by atoms with Gasteiger partial charge in [-0.2, -0.15) is 0 Å². The summed E-state index contributed by atoms with van der Waals surface area (Å²) in [7, 11) is 0. The molecule has 0 saturated carbocycles. The van der Waals surface area contributed by atoms with Crippen molar-refractivity contribution in [1.82, 2.24) is 4.57 Å². The van der Waals surface area contributed by atoms with Crippen LogP contribution in [-0.2, 0) is 0 Å². The maximum absolute atomic E-state index is 12.6. The molecule has 0 radical (unpaired) electrons. The van der Waals surface area contributed by atoms with Crippen LogP contribution in [0.1, 0.15) is 20.7 Å². The normalized spacial score (nSPS) is 10.8. The van der Waals surface area contributed by atoms with Gasteiger partial charge in [0.1, 0.15) is 0 Å². The number of carbonyl (C=O) groups excluding carboxylic acids is 2. The highest BCUT2D eigenvalue weighted by molar-refractivity contribution is 14.1. The van der Waals surface area contributed by atoms with Crippen LogP contribution in [0.4, 0.5) is 0 Å². The molecule has 0 amide bonds. The van der Waals surface area contributed by atoms with Crippen molar-refractivity contribution >= 4 is 61.6 Å². The molecule has 21 heavy (non-hydrogen) atoms. The first-order chi connectivity index (χ1) is 10.1. The number of fused-ring (bicyclic) bond motifs is 1. The molecule has 1 heterocycles. The van der Waals surface area contributed by atoms with Gasteiger partial charge < -0.3 is 0 Å². The second kappa shape index (κ2) is 5.73. The van der Waals surface area contributed by atoms with Crippen LogP contribution in [0.2, 0.25) is 0 Å². The molecule has 2 aromatic carbocycles. The van der Waals surface area contributed by atoms with E-state index >= 15 is 0 Å². The minimum atomic E-state index is -0.150. The first-order valence-corrected chi connectivity index (χ1v) is 8.04. The highest BCUT2D eigenvalue weighted by Crippen LogP contribution is 2.30. The molecule has 5 heteroatoms. The Morgan fingerprint density at radius 3 is 2.57 bits per heavy atom. The molecule has 1 aromatic heterocycles. The SMILES string of the molecule is O=Cc1cn(C(=O)c2ccccc2)c2cc(Br)cc(I)c12. The number of aromatic nitrogens is 1. The Labute approximate surface area is 143 Å². The molecule has 0 aliphatic heterocycles. The second-order valence-electron chi connectivity index (χ2n) is 4.53. The quantitative estimate of drug-likeness (QED) is 0.423. The molecule has 3 nitrogen and oxygen atoms in total. The van der Waals surface area contributed by atoms with E-state index in [1.165, 1.54) is 4.57 Å². The van der Waals surface area contributed by atoms with Crippen LogP contribution in [0, 0.1) is 3.57 Å². The predicted octanol–water partition coefficient (Wildman–Crippen LogP) is 4.51. The van der Waals surface area contributed by atoms with Gasteiger partial charge in [0.15, 0.2) is 6.29 Å². The van der Waals surface area contributed by atoms with Crippen molar-refractivity contribution in [2.45, 2.75) is 0 Å². The molecule has 0 spiro atoms. The molecule has 0 bridgehead atoms. The van der Waals surface area contributed by atoms with Crippen LogP contribution < -0.4 is 0 Å². The van der Waals surface area contributed by atoms with Gasteiger partial charge in [-0.25, -0.2) is 0 Å². The van der Waals surface area contributed by atoms with Gasteiger partial charge in [-0.3, -0.25) is 14.2 Å². The summed E-state index contributed by atoms with van der Waals surface area (Å²) < 4.78 is 3.33. The summed E-state index contributed by atoms with van der Waals surface area (Å²) in [6.45, 7) is 0. The fourth-order valence-electron chi connectivity index (χ4n) is 2.29. The van der Waals surface area contributed by atoms with E-state index in [9.17, 15) is 9.59 Å². The maximum atomic E-state index is 12.6. The summed E-state index contributed by atoms with van der Waals surface area (Å²) in [5.41, 5.74) is 1.83. The van der Waals surface area contributed by atoms with Crippen molar-refractivity contribution < 1.29 is 9.59 Å². The van der Waals surface area contributed by atoms with Gasteiger partial charge in [-0.1, -0.05) is 34.1 Å². The van der Waals surface area contributed by atoms with Gasteiger partial charge in [-0.05, 0) is 46.9 Å². The minimum absolute atomic E-state index is 0.150. The molecule has 0 saturated heterocycles. The number of hydrogen-bond acceptors (Lipinski definition) is 2. The smallest absolute Gasteiger partial charge is 0.262 e. The molecule has 0 unspecified atom stereocenters. The van der Waals surface area contributed by atoms with Crippen LogP contribution in [0.25, 0.3) is 10.9 Å². The van der Waals surface area contributed by atoms with E-state index in [-0.39, 0.29) is 5.91 Å². The van der Waals surface area contributed by atoms with E-state index in [1.54, 1.807) is 18.3 Å². The lowest BCUT2D eigenvalue weighted by molar-refractivity contribution is 0.0965. The molecule has 3 aromatic rings. The van der Waals surface area contributed by atoms with Crippen LogP contribution in [0.3, 0.4) is 0 Å². The Kier molecular flexibility index (Phi) is 3.95. The van der Waals surface area contributed by atoms with Gasteiger partial charge in [0.05, 0.1) is 5.52 Å². The van der Waals surface area contributed by atoms with Gasteiger partial charge in [-0.15, -0.1) is 0 Å². The monoisotopic (exact) mass is 453 g/mol. The summed E-state index contributed by atoms with van der Waals surface area (Å²) in [5, 5.41) is 0.804. The van der Waals surface area contributed by atoms with E-state index in [4.69, 9.17) is 0 Å². The molecule has 0 aliphatic carbocycles. The summed E-state index contributed by atoms with van der Waals surface area (Å²) >= 11 is 5.61. The lowest BCUT2D eigenvalue weighted by atomic mass is 10.2. The molecule has 104 valence electrons.